The average Bonchev–Trinajstić information content (AvgIpc) is 3.32. The molecule has 0 saturated carbocycles. The maximum absolute atomic E-state index is 12.9. The van der Waals surface area contributed by atoms with Crippen LogP contribution in [0.3, 0.4) is 0 Å². The molecule has 0 bridgehead atoms. The fourth-order valence-electron chi connectivity index (χ4n) is 3.19. The molecule has 3 rings (SSSR count). The Balaban J connectivity index is 1.80. The monoisotopic (exact) mass is 385 g/mol. The number of methoxy groups -OCH3 is 2. The lowest BCUT2D eigenvalue weighted by atomic mass is 10.1. The summed E-state index contributed by atoms with van der Waals surface area (Å²) >= 11 is 0. The van der Waals surface area contributed by atoms with Crippen LogP contribution in [0.25, 0.3) is 6.08 Å². The van der Waals surface area contributed by atoms with Crippen molar-refractivity contribution >= 4 is 17.9 Å². The highest BCUT2D eigenvalue weighted by Crippen LogP contribution is 2.26. The van der Waals surface area contributed by atoms with Crippen molar-refractivity contribution in [1.29, 1.82) is 0 Å². The van der Waals surface area contributed by atoms with Crippen molar-refractivity contribution in [1.82, 2.24) is 15.2 Å². The fourth-order valence-corrected chi connectivity index (χ4v) is 3.19. The quantitative estimate of drug-likeness (QED) is 0.736. The minimum Gasteiger partial charge on any atom is -0.497 e. The molecular weight excluding hydrogens is 362 g/mol. The first kappa shape index (κ1) is 19.5. The average molecular weight is 385 g/mol. The lowest BCUT2D eigenvalue weighted by Gasteiger charge is -2.26. The number of aryl methyl sites for hydroxylation is 2. The minimum absolute atomic E-state index is 0.283. The highest BCUT2D eigenvalue weighted by Gasteiger charge is 2.33. The summed E-state index contributed by atoms with van der Waals surface area (Å²) in [5.74, 6) is 1.15. The first-order valence-corrected chi connectivity index (χ1v) is 8.92. The molecule has 28 heavy (non-hydrogen) atoms. The predicted molar refractivity (Wildman–Crippen MR) is 102 cm³/mol. The van der Waals surface area contributed by atoms with Gasteiger partial charge in [-0.2, -0.15) is 0 Å². The first-order valence-electron chi connectivity index (χ1n) is 8.92. The Morgan fingerprint density at radius 2 is 1.89 bits per heavy atom. The topological polar surface area (TPSA) is 85.1 Å². The molecule has 0 unspecified atom stereocenters. The maximum atomic E-state index is 12.9. The van der Waals surface area contributed by atoms with E-state index in [1.54, 1.807) is 52.3 Å². The zero-order valence-electron chi connectivity index (χ0n) is 16.4. The third-order valence-electron chi connectivity index (χ3n) is 4.61. The molecule has 1 aromatic heterocycles. The molecule has 1 saturated heterocycles. The maximum Gasteiger partial charge on any atom is 0.277 e. The Morgan fingerprint density at radius 3 is 2.54 bits per heavy atom. The third-order valence-corrected chi connectivity index (χ3v) is 4.61. The van der Waals surface area contributed by atoms with Crippen molar-refractivity contribution < 1.29 is 23.6 Å². The molecule has 1 aliphatic rings. The number of aromatic nitrogens is 1. The van der Waals surface area contributed by atoms with Gasteiger partial charge in [-0.15, -0.1) is 0 Å². The van der Waals surface area contributed by atoms with Crippen molar-refractivity contribution in [3.8, 4) is 11.5 Å². The molecule has 8 nitrogen and oxygen atoms in total. The smallest absolute Gasteiger partial charge is 0.277 e. The van der Waals surface area contributed by atoms with Crippen molar-refractivity contribution in [3.63, 3.8) is 0 Å². The van der Waals surface area contributed by atoms with Gasteiger partial charge in [0.15, 0.2) is 0 Å². The van der Waals surface area contributed by atoms with Gasteiger partial charge in [-0.3, -0.25) is 9.59 Å². The lowest BCUT2D eigenvalue weighted by molar-refractivity contribution is -0.134. The highest BCUT2D eigenvalue weighted by molar-refractivity contribution is 5.99. The number of hydrogen-bond donors (Lipinski definition) is 0. The molecule has 148 valence electrons. The largest absolute Gasteiger partial charge is 0.497 e. The standard InChI is InChI=1S/C20H23N3O5/c1-13-19(14(2)28-21-13)20(25)23-11-5-10-22(23)18(24)9-6-15-12-16(26-3)7-8-17(15)27-4/h6-9,12H,5,10-11H2,1-4H3. The Morgan fingerprint density at radius 1 is 1.14 bits per heavy atom. The van der Waals surface area contributed by atoms with Crippen LogP contribution in [0.4, 0.5) is 0 Å². The number of benzene rings is 1. The third kappa shape index (κ3) is 3.71. The number of hydrazine groups is 1. The summed E-state index contributed by atoms with van der Waals surface area (Å²) in [7, 11) is 3.13. The van der Waals surface area contributed by atoms with Gasteiger partial charge >= 0.3 is 0 Å². The highest BCUT2D eigenvalue weighted by atomic mass is 16.5. The molecule has 0 atom stereocenters. The second kappa shape index (κ2) is 8.16. The molecule has 1 aromatic carbocycles. The van der Waals surface area contributed by atoms with Crippen molar-refractivity contribution in [2.75, 3.05) is 27.3 Å². The molecule has 1 aliphatic heterocycles. The molecule has 8 heteroatoms. The van der Waals surface area contributed by atoms with Gasteiger partial charge in [0, 0.05) is 24.7 Å². The van der Waals surface area contributed by atoms with Crippen molar-refractivity contribution in [3.05, 3.63) is 46.9 Å². The van der Waals surface area contributed by atoms with E-state index in [2.05, 4.69) is 5.16 Å². The van der Waals surface area contributed by atoms with Gasteiger partial charge in [0.1, 0.15) is 22.8 Å². The van der Waals surface area contributed by atoms with Crippen LogP contribution in [0.5, 0.6) is 11.5 Å². The van der Waals surface area contributed by atoms with Crippen LogP contribution in [0.15, 0.2) is 28.8 Å². The van der Waals surface area contributed by atoms with Gasteiger partial charge in [-0.1, -0.05) is 5.16 Å². The molecule has 0 N–H and O–H groups in total. The number of carbonyl (C=O) groups excluding carboxylic acids is 2. The van der Waals surface area contributed by atoms with Crippen LogP contribution < -0.4 is 9.47 Å². The molecular formula is C20H23N3O5. The molecule has 2 aromatic rings. The van der Waals surface area contributed by atoms with Gasteiger partial charge < -0.3 is 14.0 Å². The van der Waals surface area contributed by atoms with Crippen LogP contribution in [-0.4, -0.2) is 54.3 Å². The Hall–Kier alpha value is -3.29. The van der Waals surface area contributed by atoms with E-state index < -0.39 is 0 Å². The Bertz CT molecular complexity index is 899. The number of nitrogens with zero attached hydrogens (tertiary/aromatic N) is 3. The second-order valence-electron chi connectivity index (χ2n) is 6.38. The van der Waals surface area contributed by atoms with Crippen LogP contribution in [-0.2, 0) is 4.79 Å². The number of amides is 2. The molecule has 0 radical (unpaired) electrons. The number of carbonyl (C=O) groups is 2. The van der Waals surface area contributed by atoms with E-state index in [4.69, 9.17) is 14.0 Å². The molecule has 1 fully saturated rings. The predicted octanol–water partition coefficient (Wildman–Crippen LogP) is 2.61. The summed E-state index contributed by atoms with van der Waals surface area (Å²) < 4.78 is 15.6. The first-order chi connectivity index (χ1) is 13.5. The van der Waals surface area contributed by atoms with Crippen LogP contribution in [0, 0.1) is 13.8 Å². The Kier molecular flexibility index (Phi) is 5.67. The van der Waals surface area contributed by atoms with Crippen LogP contribution >= 0.6 is 0 Å². The van der Waals surface area contributed by atoms with E-state index in [-0.39, 0.29) is 11.8 Å². The normalized spacial score (nSPS) is 14.0. The van der Waals surface area contributed by atoms with Crippen molar-refractivity contribution in [2.24, 2.45) is 0 Å². The van der Waals surface area contributed by atoms with E-state index in [0.29, 0.717) is 53.6 Å². The summed E-state index contributed by atoms with van der Waals surface area (Å²) in [6.45, 7) is 4.32. The second-order valence-corrected chi connectivity index (χ2v) is 6.38. The van der Waals surface area contributed by atoms with Crippen LogP contribution in [0.1, 0.15) is 33.8 Å². The summed E-state index contributed by atoms with van der Waals surface area (Å²) in [4.78, 5) is 25.7. The minimum atomic E-state index is -0.289. The van der Waals surface area contributed by atoms with E-state index in [1.807, 2.05) is 0 Å². The zero-order chi connectivity index (χ0) is 20.3. The lowest BCUT2D eigenvalue weighted by Crippen LogP contribution is -2.44. The van der Waals surface area contributed by atoms with Crippen LogP contribution in [0.2, 0.25) is 0 Å². The zero-order valence-corrected chi connectivity index (χ0v) is 16.4. The van der Waals surface area contributed by atoms with Gasteiger partial charge in [-0.25, -0.2) is 10.0 Å². The number of hydrogen-bond acceptors (Lipinski definition) is 6. The summed E-state index contributed by atoms with van der Waals surface area (Å²) in [5, 5.41) is 6.71. The number of ether oxygens (including phenoxy) is 2. The molecule has 2 heterocycles. The van der Waals surface area contributed by atoms with E-state index in [1.165, 1.54) is 16.1 Å². The number of rotatable bonds is 5. The van der Waals surface area contributed by atoms with E-state index >= 15 is 0 Å². The molecule has 2 amide bonds. The SMILES string of the molecule is COc1ccc(OC)c(C=CC(=O)N2CCCN2C(=O)c2c(C)noc2C)c1. The van der Waals surface area contributed by atoms with E-state index in [0.717, 1.165) is 0 Å². The molecule has 0 spiro atoms. The Labute approximate surface area is 163 Å². The van der Waals surface area contributed by atoms with Gasteiger partial charge in [0.2, 0.25) is 0 Å². The van der Waals surface area contributed by atoms with Gasteiger partial charge in [0.05, 0.1) is 19.9 Å². The summed E-state index contributed by atoms with van der Waals surface area (Å²) in [6.07, 6.45) is 3.79. The van der Waals surface area contributed by atoms with Gasteiger partial charge in [-0.05, 0) is 44.5 Å². The van der Waals surface area contributed by atoms with Gasteiger partial charge in [0.25, 0.3) is 11.8 Å². The van der Waals surface area contributed by atoms with Crippen molar-refractivity contribution in [2.45, 2.75) is 20.3 Å². The fraction of sp³-hybridized carbons (Fsp3) is 0.350. The molecule has 0 aliphatic carbocycles. The summed E-state index contributed by atoms with van der Waals surface area (Å²) in [5.41, 5.74) is 1.62. The summed E-state index contributed by atoms with van der Waals surface area (Å²) in [6, 6.07) is 5.33. The van der Waals surface area contributed by atoms with E-state index in [9.17, 15) is 9.59 Å².